The van der Waals surface area contributed by atoms with Gasteiger partial charge in [0.1, 0.15) is 6.61 Å². The summed E-state index contributed by atoms with van der Waals surface area (Å²) in [6.07, 6.45) is 6.58. The van der Waals surface area contributed by atoms with Gasteiger partial charge < -0.3 is 9.47 Å². The summed E-state index contributed by atoms with van der Waals surface area (Å²) >= 11 is 3.57. The van der Waals surface area contributed by atoms with Crippen LogP contribution in [0.2, 0.25) is 0 Å². The van der Waals surface area contributed by atoms with E-state index in [4.69, 9.17) is 9.47 Å². The summed E-state index contributed by atoms with van der Waals surface area (Å²) in [4.78, 5) is 25.7. The Hall–Kier alpha value is -2.93. The molecule has 170 valence electrons. The van der Waals surface area contributed by atoms with Crippen LogP contribution >= 0.6 is 15.9 Å². The maximum Gasteiger partial charge on any atom is 0.254 e. The standard InChI is InChI=1S/C26H25BrN2O4/c1-3-32-21-11-17(10-20(27)24(21)33-14-16-6-4-15(2)5-7-16)13-28-29-25(30)22-18-8-9-19(12-18)23(22)26(29)31/h4-11,13,18-19,22-23H,3,12,14H2,1-2H3/t18-,19-,22-,23+/m0/s1. The number of ether oxygens (including phenoxy) is 2. The van der Waals surface area contributed by atoms with Crippen LogP contribution in [0.1, 0.15) is 30.0 Å². The van der Waals surface area contributed by atoms with Crippen LogP contribution in [0.25, 0.3) is 0 Å². The van der Waals surface area contributed by atoms with Gasteiger partial charge in [0.25, 0.3) is 11.8 Å². The number of carbonyl (C=O) groups is 2. The third-order valence-corrected chi connectivity index (χ3v) is 7.19. The predicted octanol–water partition coefficient (Wildman–Crippen LogP) is 4.88. The van der Waals surface area contributed by atoms with Crippen molar-refractivity contribution in [1.82, 2.24) is 5.01 Å². The van der Waals surface area contributed by atoms with Gasteiger partial charge >= 0.3 is 0 Å². The molecule has 7 heteroatoms. The summed E-state index contributed by atoms with van der Waals surface area (Å²) in [5.41, 5.74) is 2.95. The fraction of sp³-hybridized carbons (Fsp3) is 0.346. The smallest absolute Gasteiger partial charge is 0.254 e. The molecule has 2 bridgehead atoms. The van der Waals surface area contributed by atoms with Gasteiger partial charge in [-0.05, 0) is 71.3 Å². The molecule has 1 saturated carbocycles. The Morgan fingerprint density at radius 2 is 1.73 bits per heavy atom. The zero-order valence-electron chi connectivity index (χ0n) is 18.5. The van der Waals surface area contributed by atoms with Crippen LogP contribution in [0.5, 0.6) is 11.5 Å². The second-order valence-electron chi connectivity index (χ2n) is 8.77. The largest absolute Gasteiger partial charge is 0.490 e. The Morgan fingerprint density at radius 3 is 2.36 bits per heavy atom. The molecule has 2 aromatic carbocycles. The molecule has 0 unspecified atom stereocenters. The van der Waals surface area contributed by atoms with E-state index in [-0.39, 0.29) is 35.5 Å². The molecule has 0 radical (unpaired) electrons. The molecule has 4 atom stereocenters. The molecular formula is C26H25BrN2O4. The number of halogens is 1. The summed E-state index contributed by atoms with van der Waals surface area (Å²) < 4.78 is 12.6. The van der Waals surface area contributed by atoms with Crippen LogP contribution < -0.4 is 9.47 Å². The van der Waals surface area contributed by atoms with E-state index in [0.29, 0.717) is 34.7 Å². The van der Waals surface area contributed by atoms with E-state index in [1.807, 2.05) is 44.2 Å². The Bertz CT molecular complexity index is 1130. The Balaban J connectivity index is 1.34. The number of amides is 2. The molecule has 2 aliphatic carbocycles. The Kier molecular flexibility index (Phi) is 5.83. The minimum atomic E-state index is -0.257. The van der Waals surface area contributed by atoms with E-state index in [2.05, 4.69) is 33.2 Å². The lowest BCUT2D eigenvalue weighted by Gasteiger charge is -2.15. The first kappa shape index (κ1) is 21.9. The fourth-order valence-corrected chi connectivity index (χ4v) is 5.60. The molecular weight excluding hydrogens is 484 g/mol. The molecule has 3 aliphatic rings. The molecule has 2 fully saturated rings. The highest BCUT2D eigenvalue weighted by molar-refractivity contribution is 9.10. The quantitative estimate of drug-likeness (QED) is 0.303. The molecule has 0 aromatic heterocycles. The lowest BCUT2D eigenvalue weighted by molar-refractivity contribution is -0.140. The zero-order chi connectivity index (χ0) is 23.1. The third kappa shape index (κ3) is 3.99. The molecule has 1 saturated heterocycles. The van der Waals surface area contributed by atoms with Crippen LogP contribution in [0, 0.1) is 30.6 Å². The van der Waals surface area contributed by atoms with E-state index in [1.165, 1.54) is 11.8 Å². The number of hydrogen-bond donors (Lipinski definition) is 0. The maximum absolute atomic E-state index is 12.8. The van der Waals surface area contributed by atoms with E-state index in [9.17, 15) is 9.59 Å². The van der Waals surface area contributed by atoms with Crippen LogP contribution in [-0.2, 0) is 16.2 Å². The van der Waals surface area contributed by atoms with Gasteiger partial charge in [-0.1, -0.05) is 42.0 Å². The Morgan fingerprint density at radius 1 is 1.06 bits per heavy atom. The SMILES string of the molecule is CCOc1cc(C=NN2C(=O)[C@@H]3[C@H](C2=O)[C@H]2C=C[C@H]3C2)cc(Br)c1OCc1ccc(C)cc1. The summed E-state index contributed by atoms with van der Waals surface area (Å²) in [6.45, 7) is 4.82. The van der Waals surface area contributed by atoms with Crippen LogP contribution in [0.3, 0.4) is 0 Å². The fourth-order valence-electron chi connectivity index (χ4n) is 5.03. The topological polar surface area (TPSA) is 68.2 Å². The van der Waals surface area contributed by atoms with Gasteiger partial charge in [0.15, 0.2) is 11.5 Å². The van der Waals surface area contributed by atoms with E-state index < -0.39 is 0 Å². The minimum absolute atomic E-state index is 0.167. The first-order chi connectivity index (χ1) is 16.0. The number of benzene rings is 2. The van der Waals surface area contributed by atoms with Crippen molar-refractivity contribution in [1.29, 1.82) is 0 Å². The van der Waals surface area contributed by atoms with Crippen molar-refractivity contribution in [2.24, 2.45) is 28.8 Å². The van der Waals surface area contributed by atoms with E-state index in [0.717, 1.165) is 17.0 Å². The minimum Gasteiger partial charge on any atom is -0.490 e. The van der Waals surface area contributed by atoms with Crippen molar-refractivity contribution in [2.45, 2.75) is 26.9 Å². The van der Waals surface area contributed by atoms with Gasteiger partial charge in [0.2, 0.25) is 0 Å². The third-order valence-electron chi connectivity index (χ3n) is 6.60. The lowest BCUT2D eigenvalue weighted by Crippen LogP contribution is -2.28. The molecule has 5 rings (SSSR count). The first-order valence-electron chi connectivity index (χ1n) is 11.2. The van der Waals surface area contributed by atoms with Gasteiger partial charge in [-0.15, -0.1) is 0 Å². The maximum atomic E-state index is 12.8. The number of nitrogens with zero attached hydrogens (tertiary/aromatic N) is 2. The summed E-state index contributed by atoms with van der Waals surface area (Å²) in [5.74, 6) is 0.598. The van der Waals surface area contributed by atoms with Gasteiger partial charge in [0.05, 0.1) is 29.1 Å². The lowest BCUT2D eigenvalue weighted by atomic mass is 9.85. The van der Waals surface area contributed by atoms with E-state index >= 15 is 0 Å². The first-order valence-corrected chi connectivity index (χ1v) is 12.0. The number of fused-ring (bicyclic) bond motifs is 5. The highest BCUT2D eigenvalue weighted by Crippen LogP contribution is 2.52. The van der Waals surface area contributed by atoms with Gasteiger partial charge in [-0.3, -0.25) is 9.59 Å². The zero-order valence-corrected chi connectivity index (χ0v) is 20.1. The molecule has 33 heavy (non-hydrogen) atoms. The monoisotopic (exact) mass is 508 g/mol. The number of allylic oxidation sites excluding steroid dienone is 2. The van der Waals surface area contributed by atoms with Crippen molar-refractivity contribution in [3.63, 3.8) is 0 Å². The summed E-state index contributed by atoms with van der Waals surface area (Å²) in [7, 11) is 0. The number of imide groups is 1. The molecule has 1 aliphatic heterocycles. The highest BCUT2D eigenvalue weighted by Gasteiger charge is 2.59. The Labute approximate surface area is 201 Å². The number of rotatable bonds is 7. The highest BCUT2D eigenvalue weighted by atomic mass is 79.9. The van der Waals surface area contributed by atoms with Crippen molar-refractivity contribution < 1.29 is 19.1 Å². The van der Waals surface area contributed by atoms with Crippen LogP contribution in [0.4, 0.5) is 0 Å². The number of hydrogen-bond acceptors (Lipinski definition) is 5. The summed E-state index contributed by atoms with van der Waals surface area (Å²) in [6, 6.07) is 11.8. The molecule has 1 heterocycles. The second kappa shape index (κ2) is 8.78. The average Bonchev–Trinajstić information content (AvgIpc) is 3.47. The molecule has 0 N–H and O–H groups in total. The number of aryl methyl sites for hydroxylation is 1. The summed E-state index contributed by atoms with van der Waals surface area (Å²) in [5, 5.41) is 5.33. The second-order valence-corrected chi connectivity index (χ2v) is 9.62. The van der Waals surface area contributed by atoms with Gasteiger partial charge in [0, 0.05) is 0 Å². The normalized spacial score (nSPS) is 25.4. The molecule has 6 nitrogen and oxygen atoms in total. The number of carbonyl (C=O) groups excluding carboxylic acids is 2. The van der Waals surface area contributed by atoms with Crippen molar-refractivity contribution >= 4 is 34.0 Å². The van der Waals surface area contributed by atoms with Crippen molar-refractivity contribution in [2.75, 3.05) is 6.61 Å². The number of hydrazone groups is 1. The van der Waals surface area contributed by atoms with Crippen LogP contribution in [-0.4, -0.2) is 29.6 Å². The van der Waals surface area contributed by atoms with Crippen molar-refractivity contribution in [3.05, 3.63) is 69.7 Å². The molecule has 2 aromatic rings. The molecule has 0 spiro atoms. The molecule has 2 amide bonds. The van der Waals surface area contributed by atoms with Gasteiger partial charge in [-0.2, -0.15) is 10.1 Å². The predicted molar refractivity (Wildman–Crippen MR) is 128 cm³/mol. The van der Waals surface area contributed by atoms with Crippen molar-refractivity contribution in [3.8, 4) is 11.5 Å². The van der Waals surface area contributed by atoms with E-state index in [1.54, 1.807) is 6.07 Å². The van der Waals surface area contributed by atoms with Gasteiger partial charge in [-0.25, -0.2) is 0 Å². The average molecular weight is 509 g/mol. The van der Waals surface area contributed by atoms with Crippen LogP contribution in [0.15, 0.2) is 58.1 Å².